The first kappa shape index (κ1) is 19.1. The Morgan fingerprint density at radius 1 is 1.26 bits per heavy atom. The molecule has 3 rings (SSSR count). The van der Waals surface area contributed by atoms with Crippen LogP contribution < -0.4 is 15.0 Å². The second kappa shape index (κ2) is 7.51. The molecule has 2 heterocycles. The number of methoxy groups -OCH3 is 2. The fraction of sp³-hybridized carbons (Fsp3) is 0.389. The Morgan fingerprint density at radius 2 is 2.00 bits per heavy atom. The Bertz CT molecular complexity index is 956. The summed E-state index contributed by atoms with van der Waals surface area (Å²) in [7, 11) is 2.88. The van der Waals surface area contributed by atoms with E-state index < -0.39 is 23.5 Å². The van der Waals surface area contributed by atoms with E-state index in [1.54, 1.807) is 12.1 Å². The minimum Gasteiger partial charge on any atom is -0.493 e. The van der Waals surface area contributed by atoms with Crippen LogP contribution in [-0.2, 0) is 11.3 Å². The van der Waals surface area contributed by atoms with E-state index in [1.165, 1.54) is 30.5 Å². The van der Waals surface area contributed by atoms with Crippen molar-refractivity contribution in [2.24, 2.45) is 0 Å². The molecule has 27 heavy (non-hydrogen) atoms. The maximum Gasteiger partial charge on any atom is 0.343 e. The van der Waals surface area contributed by atoms with Crippen LogP contribution in [-0.4, -0.2) is 40.6 Å². The Kier molecular flexibility index (Phi) is 5.31. The minimum atomic E-state index is -1.06. The molecule has 0 amide bonds. The van der Waals surface area contributed by atoms with Gasteiger partial charge in [0.05, 0.1) is 14.2 Å². The fourth-order valence-corrected chi connectivity index (χ4v) is 3.88. The molecule has 9 heteroatoms. The summed E-state index contributed by atoms with van der Waals surface area (Å²) in [5, 5.41) is 10.9. The molecule has 0 fully saturated rings. The van der Waals surface area contributed by atoms with Crippen LogP contribution in [0.2, 0.25) is 0 Å². The number of rotatable bonds is 6. The number of ether oxygens (including phenoxy) is 3. The highest BCUT2D eigenvalue weighted by Gasteiger charge is 2.40. The van der Waals surface area contributed by atoms with Crippen molar-refractivity contribution in [2.45, 2.75) is 31.7 Å². The van der Waals surface area contributed by atoms with Crippen LogP contribution in [0.4, 0.5) is 0 Å². The molecule has 1 N–H and O–H groups in total. The molecule has 0 saturated heterocycles. The van der Waals surface area contributed by atoms with Gasteiger partial charge in [0.25, 0.3) is 5.56 Å². The number of aromatic hydroxyl groups is 1. The molecule has 0 radical (unpaired) electrons. The molecule has 2 aromatic rings. The van der Waals surface area contributed by atoms with Gasteiger partial charge in [0.2, 0.25) is 5.88 Å². The summed E-state index contributed by atoms with van der Waals surface area (Å²) >= 11 is 1.35. The molecule has 0 spiro atoms. The molecule has 1 atom stereocenters. The number of carbonyl (C=O) groups excluding carboxylic acids is 1. The van der Waals surface area contributed by atoms with Crippen LogP contribution in [0.25, 0.3) is 0 Å². The second-order valence-electron chi connectivity index (χ2n) is 5.66. The normalized spacial score (nSPS) is 15.4. The van der Waals surface area contributed by atoms with Gasteiger partial charge in [-0.2, -0.15) is 4.98 Å². The van der Waals surface area contributed by atoms with Crippen molar-refractivity contribution in [2.75, 3.05) is 20.0 Å². The number of carbonyl (C=O) groups is 1. The highest BCUT2D eigenvalue weighted by molar-refractivity contribution is 7.99. The van der Waals surface area contributed by atoms with E-state index in [-0.39, 0.29) is 16.9 Å². The highest BCUT2D eigenvalue weighted by Crippen LogP contribution is 2.44. The summed E-state index contributed by atoms with van der Waals surface area (Å²) in [4.78, 5) is 29.6. The quantitative estimate of drug-likeness (QED) is 0.454. The van der Waals surface area contributed by atoms with Crippen LogP contribution >= 0.6 is 11.8 Å². The van der Waals surface area contributed by atoms with Gasteiger partial charge in [-0.05, 0) is 18.7 Å². The van der Waals surface area contributed by atoms with Crippen LogP contribution in [0, 0.1) is 0 Å². The molecule has 1 aromatic heterocycles. The lowest BCUT2D eigenvalue weighted by Crippen LogP contribution is -2.28. The zero-order chi connectivity index (χ0) is 19.7. The summed E-state index contributed by atoms with van der Waals surface area (Å²) in [6, 6.07) is 3.24. The molecule has 0 aliphatic carbocycles. The van der Waals surface area contributed by atoms with Crippen molar-refractivity contribution in [3.63, 3.8) is 0 Å². The number of nitrogens with zero attached hydrogens (tertiary/aromatic N) is 2. The van der Waals surface area contributed by atoms with Gasteiger partial charge < -0.3 is 19.3 Å². The average molecular weight is 392 g/mol. The third-order valence-corrected chi connectivity index (χ3v) is 5.15. The molecule has 0 bridgehead atoms. The van der Waals surface area contributed by atoms with E-state index in [0.29, 0.717) is 28.8 Å². The van der Waals surface area contributed by atoms with E-state index in [1.807, 2.05) is 13.8 Å². The van der Waals surface area contributed by atoms with Gasteiger partial charge in [-0.3, -0.25) is 9.36 Å². The molecule has 1 aliphatic rings. The first-order chi connectivity index (χ1) is 13.0. The first-order valence-electron chi connectivity index (χ1n) is 8.40. The average Bonchev–Trinajstić information content (AvgIpc) is 2.98. The fourth-order valence-electron chi connectivity index (χ4n) is 3.10. The Balaban J connectivity index is 2.22. The van der Waals surface area contributed by atoms with Crippen molar-refractivity contribution in [1.82, 2.24) is 9.55 Å². The van der Waals surface area contributed by atoms with Gasteiger partial charge in [0.1, 0.15) is 11.1 Å². The zero-order valence-electron chi connectivity index (χ0n) is 15.4. The number of hydrogen-bond donors (Lipinski definition) is 1. The second-order valence-corrected chi connectivity index (χ2v) is 6.90. The molecular weight excluding hydrogens is 372 g/mol. The Labute approximate surface area is 160 Å². The van der Waals surface area contributed by atoms with Gasteiger partial charge in [0, 0.05) is 12.1 Å². The molecule has 8 nitrogen and oxygen atoms in total. The predicted molar refractivity (Wildman–Crippen MR) is 99.0 cm³/mol. The van der Waals surface area contributed by atoms with E-state index in [2.05, 4.69) is 4.98 Å². The first-order valence-corrected chi connectivity index (χ1v) is 9.39. The number of esters is 1. The van der Waals surface area contributed by atoms with Crippen LogP contribution in [0.5, 0.6) is 17.4 Å². The van der Waals surface area contributed by atoms with Crippen LogP contribution in [0.15, 0.2) is 22.1 Å². The van der Waals surface area contributed by atoms with Crippen molar-refractivity contribution in [3.05, 3.63) is 39.2 Å². The van der Waals surface area contributed by atoms with E-state index in [0.717, 1.165) is 0 Å². The topological polar surface area (TPSA) is 99.9 Å². The van der Waals surface area contributed by atoms with Crippen molar-refractivity contribution < 1.29 is 24.1 Å². The number of cyclic esters (lactones) is 1. The van der Waals surface area contributed by atoms with Gasteiger partial charge in [-0.25, -0.2) is 4.79 Å². The predicted octanol–water partition coefficient (Wildman–Crippen LogP) is 2.36. The third kappa shape index (κ3) is 3.01. The van der Waals surface area contributed by atoms with Gasteiger partial charge in [-0.1, -0.05) is 24.8 Å². The summed E-state index contributed by atoms with van der Waals surface area (Å²) < 4.78 is 17.4. The third-order valence-electron chi connectivity index (χ3n) is 4.29. The Morgan fingerprint density at radius 3 is 2.59 bits per heavy atom. The number of fused-ring (bicyclic) bond motifs is 1. The maximum atomic E-state index is 13.0. The zero-order valence-corrected chi connectivity index (χ0v) is 16.3. The lowest BCUT2D eigenvalue weighted by atomic mass is 9.99. The van der Waals surface area contributed by atoms with E-state index in [4.69, 9.17) is 14.2 Å². The van der Waals surface area contributed by atoms with Crippen LogP contribution in [0.3, 0.4) is 0 Å². The van der Waals surface area contributed by atoms with Gasteiger partial charge in [0.15, 0.2) is 22.8 Å². The monoisotopic (exact) mass is 392 g/mol. The SMILES string of the molecule is CCSc1nc(O)c([C@@H]2OC(=O)c3c2ccc(OC)c3OC)c(=O)n1CC. The van der Waals surface area contributed by atoms with E-state index >= 15 is 0 Å². The summed E-state index contributed by atoms with van der Waals surface area (Å²) in [5.41, 5.74) is 0.0825. The van der Waals surface area contributed by atoms with Crippen molar-refractivity contribution in [1.29, 1.82) is 0 Å². The smallest absolute Gasteiger partial charge is 0.343 e. The van der Waals surface area contributed by atoms with Crippen molar-refractivity contribution >= 4 is 17.7 Å². The molecule has 0 unspecified atom stereocenters. The lowest BCUT2D eigenvalue weighted by Gasteiger charge is -2.16. The number of aromatic nitrogens is 2. The Hall–Kier alpha value is -2.68. The molecular formula is C18H20N2O6S. The number of thioether (sulfide) groups is 1. The van der Waals surface area contributed by atoms with Crippen LogP contribution in [0.1, 0.15) is 41.4 Å². The lowest BCUT2D eigenvalue weighted by molar-refractivity contribution is 0.0446. The highest BCUT2D eigenvalue weighted by atomic mass is 32.2. The number of benzene rings is 1. The van der Waals surface area contributed by atoms with Crippen molar-refractivity contribution in [3.8, 4) is 17.4 Å². The maximum absolute atomic E-state index is 13.0. The largest absolute Gasteiger partial charge is 0.493 e. The molecule has 1 aliphatic heterocycles. The van der Waals surface area contributed by atoms with E-state index in [9.17, 15) is 14.7 Å². The molecule has 144 valence electrons. The number of hydrogen-bond acceptors (Lipinski definition) is 8. The standard InChI is InChI=1S/C18H20N2O6S/c1-5-20-16(22)12(15(21)19-18(20)27-6-2)13-9-7-8-10(24-3)14(25-4)11(9)17(23)26-13/h7-8,13,21H,5-6H2,1-4H3/t13-/m1/s1. The minimum absolute atomic E-state index is 0.0726. The van der Waals surface area contributed by atoms with Gasteiger partial charge >= 0.3 is 5.97 Å². The summed E-state index contributed by atoms with van der Waals surface area (Å²) in [6.45, 7) is 4.11. The summed E-state index contributed by atoms with van der Waals surface area (Å²) in [5.74, 6) is 0.199. The summed E-state index contributed by atoms with van der Waals surface area (Å²) in [6.07, 6.45) is -1.06. The molecule has 1 aromatic carbocycles. The van der Waals surface area contributed by atoms with Gasteiger partial charge in [-0.15, -0.1) is 0 Å². The molecule has 0 saturated carbocycles.